The van der Waals surface area contributed by atoms with Gasteiger partial charge in [-0.2, -0.15) is 0 Å². The monoisotopic (exact) mass is 572 g/mol. The van der Waals surface area contributed by atoms with Crippen LogP contribution in [0.1, 0.15) is 31.2 Å². The van der Waals surface area contributed by atoms with Crippen LogP contribution in [0.4, 0.5) is 5.69 Å². The molecule has 41 heavy (non-hydrogen) atoms. The molecule has 1 amide bonds. The molecule has 1 aliphatic carbocycles. The van der Waals surface area contributed by atoms with Crippen molar-refractivity contribution in [1.82, 2.24) is 19.9 Å². The molecule has 4 aromatic rings. The van der Waals surface area contributed by atoms with Crippen LogP contribution >= 0.6 is 0 Å². The van der Waals surface area contributed by atoms with E-state index in [9.17, 15) is 13.2 Å². The molecule has 1 fully saturated rings. The largest absolute Gasteiger partial charge is 0.477 e. The number of nitrogens with zero attached hydrogens (tertiary/aromatic N) is 5. The molecule has 1 aliphatic heterocycles. The topological polar surface area (TPSA) is 132 Å². The molecule has 1 aromatic carbocycles. The fourth-order valence-electron chi connectivity index (χ4n) is 5.92. The predicted octanol–water partition coefficient (Wildman–Crippen LogP) is 3.73. The minimum Gasteiger partial charge on any atom is -0.477 e. The third-order valence-electron chi connectivity index (χ3n) is 8.11. The first kappa shape index (κ1) is 27.3. The lowest BCUT2D eigenvalue weighted by Crippen LogP contribution is -2.43. The molecule has 0 unspecified atom stereocenters. The number of aromatic nitrogens is 3. The van der Waals surface area contributed by atoms with Gasteiger partial charge in [-0.25, -0.2) is 18.5 Å². The van der Waals surface area contributed by atoms with E-state index < -0.39 is 15.4 Å². The number of amides is 1. The number of fused-ring (bicyclic) bond motifs is 4. The second kappa shape index (κ2) is 10.2. The Morgan fingerprint density at radius 3 is 2.59 bits per heavy atom. The highest BCUT2D eigenvalue weighted by atomic mass is 32.2. The Kier molecular flexibility index (Phi) is 6.75. The van der Waals surface area contributed by atoms with E-state index in [4.69, 9.17) is 9.88 Å². The molecule has 1 saturated carbocycles. The molecule has 3 aromatic heterocycles. The Labute approximate surface area is 239 Å². The summed E-state index contributed by atoms with van der Waals surface area (Å²) in [6.07, 6.45) is 8.45. The van der Waals surface area contributed by atoms with Crippen molar-refractivity contribution < 1.29 is 17.9 Å². The first-order valence-corrected chi connectivity index (χ1v) is 15.1. The fraction of sp³-hybridized carbons (Fsp3) is 0.333. The van der Waals surface area contributed by atoms with Gasteiger partial charge in [0.25, 0.3) is 0 Å². The van der Waals surface area contributed by atoms with Crippen LogP contribution in [0, 0.1) is 0 Å². The van der Waals surface area contributed by atoms with Crippen LogP contribution in [0.5, 0.6) is 5.88 Å². The zero-order valence-corrected chi connectivity index (χ0v) is 24.1. The molecule has 0 saturated heterocycles. The molecular weight excluding hydrogens is 540 g/mol. The number of pyridine rings is 3. The predicted molar refractivity (Wildman–Crippen MR) is 157 cm³/mol. The Hall–Kier alpha value is -3.93. The maximum absolute atomic E-state index is 13.3. The van der Waals surface area contributed by atoms with Crippen molar-refractivity contribution in [2.75, 3.05) is 39.2 Å². The van der Waals surface area contributed by atoms with Crippen molar-refractivity contribution in [3.05, 3.63) is 60.6 Å². The van der Waals surface area contributed by atoms with Gasteiger partial charge in [0.1, 0.15) is 4.90 Å². The molecule has 6 rings (SSSR count). The highest BCUT2D eigenvalue weighted by molar-refractivity contribution is 7.89. The van der Waals surface area contributed by atoms with Crippen molar-refractivity contribution in [2.24, 2.45) is 5.14 Å². The Balaban J connectivity index is 1.48. The highest BCUT2D eigenvalue weighted by Crippen LogP contribution is 2.55. The van der Waals surface area contributed by atoms with Gasteiger partial charge in [-0.05, 0) is 69.3 Å². The normalized spacial score (nSPS) is 15.9. The summed E-state index contributed by atoms with van der Waals surface area (Å²) in [6.45, 7) is 1.22. The number of carbonyl (C=O) groups is 1. The maximum Gasteiger partial charge on any atom is 0.240 e. The number of sulfonamides is 1. The van der Waals surface area contributed by atoms with E-state index in [-0.39, 0.29) is 22.4 Å². The van der Waals surface area contributed by atoms with Gasteiger partial charge in [-0.1, -0.05) is 12.5 Å². The van der Waals surface area contributed by atoms with Crippen molar-refractivity contribution in [3.63, 3.8) is 0 Å². The van der Waals surface area contributed by atoms with Crippen molar-refractivity contribution in [1.29, 1.82) is 0 Å². The van der Waals surface area contributed by atoms with E-state index in [0.717, 1.165) is 65.5 Å². The summed E-state index contributed by atoms with van der Waals surface area (Å²) < 4.78 is 31.0. The molecule has 0 radical (unpaired) electrons. The zero-order valence-electron chi connectivity index (χ0n) is 23.3. The van der Waals surface area contributed by atoms with Gasteiger partial charge in [0.15, 0.2) is 0 Å². The average molecular weight is 573 g/mol. The third-order valence-corrected chi connectivity index (χ3v) is 9.06. The maximum atomic E-state index is 13.3. The molecule has 11 heteroatoms. The lowest BCUT2D eigenvalue weighted by atomic mass is 9.64. The van der Waals surface area contributed by atoms with E-state index in [1.54, 1.807) is 17.3 Å². The number of nitrogens with two attached hydrogens (primary N) is 1. The van der Waals surface area contributed by atoms with E-state index in [2.05, 4.69) is 19.9 Å². The lowest BCUT2D eigenvalue weighted by molar-refractivity contribution is -0.125. The molecule has 212 valence electrons. The molecule has 2 N–H and O–H groups in total. The number of benzene rings is 1. The summed E-state index contributed by atoms with van der Waals surface area (Å²) >= 11 is 0. The zero-order chi connectivity index (χ0) is 28.9. The van der Waals surface area contributed by atoms with Crippen LogP contribution < -0.4 is 14.8 Å². The number of hydrogen-bond donors (Lipinski definition) is 1. The average Bonchev–Trinajstić information content (AvgIpc) is 3.17. The van der Waals surface area contributed by atoms with E-state index >= 15 is 0 Å². The summed E-state index contributed by atoms with van der Waals surface area (Å²) in [6, 6.07) is 10.7. The van der Waals surface area contributed by atoms with Crippen LogP contribution in [-0.2, 0) is 20.2 Å². The Bertz CT molecular complexity index is 1790. The molecule has 0 bridgehead atoms. The minimum absolute atomic E-state index is 0.105. The molecule has 2 aliphatic rings. The van der Waals surface area contributed by atoms with Crippen LogP contribution in [0.3, 0.4) is 0 Å². The molecule has 4 heterocycles. The number of primary sulfonamides is 1. The van der Waals surface area contributed by atoms with Crippen molar-refractivity contribution in [2.45, 2.75) is 36.0 Å². The number of likely N-dealkylation sites (N-methyl/N-ethyl adjacent to an activating group) is 1. The Morgan fingerprint density at radius 1 is 1.07 bits per heavy atom. The van der Waals surface area contributed by atoms with Crippen LogP contribution in [-0.4, -0.2) is 68.5 Å². The number of carbonyl (C=O) groups excluding carboxylic acids is 1. The smallest absolute Gasteiger partial charge is 0.240 e. The lowest BCUT2D eigenvalue weighted by Gasteiger charge is -2.37. The molecular formula is C30H32N6O4S. The highest BCUT2D eigenvalue weighted by Gasteiger charge is 2.54. The first-order chi connectivity index (χ1) is 19.6. The standard InChI is InChI=1S/C30H32N6O4S/c1-35(2)13-6-14-40-28-22(27-25(41(31,38)39)7-4-12-32-27)16-20(17-34-28)19-8-9-23-21(15-19)26-24(18-33-23)36(3)29(37)30(26)10-5-11-30/h4,7-9,12,15-18H,5-6,10-11,13-14H2,1-3H3,(H2,31,38,39). The first-order valence-electron chi connectivity index (χ1n) is 13.6. The summed E-state index contributed by atoms with van der Waals surface area (Å²) in [5.41, 5.74) is 4.42. The fourth-order valence-corrected chi connectivity index (χ4v) is 6.62. The van der Waals surface area contributed by atoms with Gasteiger partial charge >= 0.3 is 0 Å². The minimum atomic E-state index is -4.07. The van der Waals surface area contributed by atoms with Crippen molar-refractivity contribution in [3.8, 4) is 28.3 Å². The Morgan fingerprint density at radius 2 is 1.88 bits per heavy atom. The third kappa shape index (κ3) is 4.63. The van der Waals surface area contributed by atoms with Crippen LogP contribution in [0.25, 0.3) is 33.3 Å². The SMILES string of the molecule is CN(C)CCCOc1ncc(-c2ccc3ncc4c(c3c2)C2(CCC2)C(=O)N4C)cc1-c1ncccc1S(N)(=O)=O. The summed E-state index contributed by atoms with van der Waals surface area (Å²) in [4.78, 5) is 30.6. The number of anilines is 1. The van der Waals surface area contributed by atoms with Crippen molar-refractivity contribution >= 4 is 32.5 Å². The molecule has 0 atom stereocenters. The number of ether oxygens (including phenoxy) is 1. The molecule has 1 spiro atoms. The van der Waals surface area contributed by atoms with Gasteiger partial charge in [0, 0.05) is 42.5 Å². The van der Waals surface area contributed by atoms with Gasteiger partial charge in [-0.15, -0.1) is 0 Å². The number of rotatable bonds is 8. The second-order valence-electron chi connectivity index (χ2n) is 11.0. The quantitative estimate of drug-likeness (QED) is 0.316. The second-order valence-corrected chi connectivity index (χ2v) is 12.6. The van der Waals surface area contributed by atoms with E-state index in [1.807, 2.05) is 45.4 Å². The number of hydrogen-bond acceptors (Lipinski definition) is 8. The van der Waals surface area contributed by atoms with Gasteiger partial charge in [-0.3, -0.25) is 14.8 Å². The summed E-state index contributed by atoms with van der Waals surface area (Å²) in [5.74, 6) is 0.406. The van der Waals surface area contributed by atoms with E-state index in [0.29, 0.717) is 12.2 Å². The van der Waals surface area contributed by atoms with Crippen LogP contribution in [0.15, 0.2) is 59.9 Å². The van der Waals surface area contributed by atoms with Gasteiger partial charge in [0.05, 0.1) is 40.7 Å². The van der Waals surface area contributed by atoms with Gasteiger partial charge in [0.2, 0.25) is 21.8 Å². The van der Waals surface area contributed by atoms with Crippen LogP contribution in [0.2, 0.25) is 0 Å². The van der Waals surface area contributed by atoms with Gasteiger partial charge < -0.3 is 14.5 Å². The summed E-state index contributed by atoms with van der Waals surface area (Å²) in [5, 5.41) is 6.49. The van der Waals surface area contributed by atoms with E-state index in [1.165, 1.54) is 18.3 Å². The molecule has 10 nitrogen and oxygen atoms in total. The summed E-state index contributed by atoms with van der Waals surface area (Å²) in [7, 11) is 1.72.